The minimum atomic E-state index is -1.07. The molecule has 0 bridgehead atoms. The predicted molar refractivity (Wildman–Crippen MR) is 79.7 cm³/mol. The highest BCUT2D eigenvalue weighted by Gasteiger charge is 2.47. The second-order valence-electron chi connectivity index (χ2n) is 6.07. The average molecular weight is 313 g/mol. The first kappa shape index (κ1) is 15.8. The van der Waals surface area contributed by atoms with Gasteiger partial charge in [-0.2, -0.15) is 0 Å². The molecule has 0 aliphatic carbocycles. The highest BCUT2D eigenvalue weighted by Crippen LogP contribution is 2.31. The van der Waals surface area contributed by atoms with Crippen molar-refractivity contribution < 1.29 is 14.0 Å². The standard InChI is InChI=1S/C15H18ClFN2O2/c1-8(2)12-13(20)18-15(3,4)14(21)19(12)11-6-5-9(16)7-10(11)17/h5-8,12H,1-4H3,(H,18,20). The number of carbonyl (C=O) groups excluding carboxylic acids is 2. The number of rotatable bonds is 2. The SMILES string of the molecule is CC(C)C1C(=O)NC(C)(C)C(=O)N1c1ccc(Cl)cc1F. The van der Waals surface area contributed by atoms with E-state index in [4.69, 9.17) is 11.6 Å². The Bertz CT molecular complexity index is 601. The number of anilines is 1. The van der Waals surface area contributed by atoms with E-state index in [2.05, 4.69) is 5.32 Å². The van der Waals surface area contributed by atoms with Gasteiger partial charge in [0.2, 0.25) is 5.91 Å². The van der Waals surface area contributed by atoms with Gasteiger partial charge in [-0.3, -0.25) is 14.5 Å². The van der Waals surface area contributed by atoms with Crippen LogP contribution in [-0.2, 0) is 9.59 Å². The lowest BCUT2D eigenvalue weighted by atomic mass is 9.91. The Morgan fingerprint density at radius 3 is 2.48 bits per heavy atom. The summed E-state index contributed by atoms with van der Waals surface area (Å²) in [6.45, 7) is 6.84. The summed E-state index contributed by atoms with van der Waals surface area (Å²) in [7, 11) is 0. The minimum Gasteiger partial charge on any atom is -0.340 e. The van der Waals surface area contributed by atoms with Crippen molar-refractivity contribution in [3.63, 3.8) is 0 Å². The van der Waals surface area contributed by atoms with Crippen molar-refractivity contribution in [1.82, 2.24) is 5.32 Å². The van der Waals surface area contributed by atoms with Crippen molar-refractivity contribution >= 4 is 29.1 Å². The molecule has 1 aromatic carbocycles. The van der Waals surface area contributed by atoms with E-state index in [1.807, 2.05) is 13.8 Å². The molecule has 114 valence electrons. The number of nitrogens with one attached hydrogen (secondary N) is 1. The number of amides is 2. The lowest BCUT2D eigenvalue weighted by molar-refractivity contribution is -0.138. The Morgan fingerprint density at radius 2 is 1.95 bits per heavy atom. The smallest absolute Gasteiger partial charge is 0.253 e. The fourth-order valence-corrected chi connectivity index (χ4v) is 2.68. The third-order valence-corrected chi connectivity index (χ3v) is 3.77. The van der Waals surface area contributed by atoms with Crippen LogP contribution in [0.4, 0.5) is 10.1 Å². The highest BCUT2D eigenvalue weighted by molar-refractivity contribution is 6.30. The first-order chi connectivity index (χ1) is 9.65. The summed E-state index contributed by atoms with van der Waals surface area (Å²) in [4.78, 5) is 26.2. The maximum Gasteiger partial charge on any atom is 0.253 e. The number of hydrogen-bond acceptors (Lipinski definition) is 2. The Morgan fingerprint density at radius 1 is 1.33 bits per heavy atom. The second kappa shape index (κ2) is 5.30. The summed E-state index contributed by atoms with van der Waals surface area (Å²) < 4.78 is 14.2. The lowest BCUT2D eigenvalue weighted by Crippen LogP contribution is -2.69. The van der Waals surface area contributed by atoms with Gasteiger partial charge in [-0.1, -0.05) is 25.4 Å². The molecule has 21 heavy (non-hydrogen) atoms. The predicted octanol–water partition coefficient (Wildman–Crippen LogP) is 2.75. The number of carbonyl (C=O) groups is 2. The molecule has 1 fully saturated rings. The van der Waals surface area contributed by atoms with Gasteiger partial charge >= 0.3 is 0 Å². The number of hydrogen-bond donors (Lipinski definition) is 1. The molecule has 0 spiro atoms. The molecule has 1 heterocycles. The third-order valence-electron chi connectivity index (χ3n) is 3.54. The van der Waals surface area contributed by atoms with E-state index in [1.54, 1.807) is 13.8 Å². The average Bonchev–Trinajstić information content (AvgIpc) is 2.33. The van der Waals surface area contributed by atoms with Crippen LogP contribution in [0.1, 0.15) is 27.7 Å². The topological polar surface area (TPSA) is 49.4 Å². The Labute approximate surface area is 128 Å². The molecule has 4 nitrogen and oxygen atoms in total. The van der Waals surface area contributed by atoms with Crippen molar-refractivity contribution in [1.29, 1.82) is 0 Å². The molecule has 6 heteroatoms. The zero-order valence-corrected chi connectivity index (χ0v) is 13.2. The van der Waals surface area contributed by atoms with Crippen molar-refractivity contribution in [2.75, 3.05) is 4.90 Å². The molecule has 1 aliphatic rings. The number of benzene rings is 1. The molecule has 2 rings (SSSR count). The molecular weight excluding hydrogens is 295 g/mol. The van der Waals surface area contributed by atoms with Gasteiger partial charge in [0.1, 0.15) is 17.4 Å². The molecule has 1 unspecified atom stereocenters. The van der Waals surface area contributed by atoms with Gasteiger partial charge < -0.3 is 5.32 Å². The summed E-state index contributed by atoms with van der Waals surface area (Å²) in [5.74, 6) is -1.40. The van der Waals surface area contributed by atoms with Crippen LogP contribution in [0.3, 0.4) is 0 Å². The Kier molecular flexibility index (Phi) is 3.97. The van der Waals surface area contributed by atoms with E-state index in [0.29, 0.717) is 0 Å². The normalized spacial score (nSPS) is 21.7. The summed E-state index contributed by atoms with van der Waals surface area (Å²) in [6, 6.07) is 3.33. The van der Waals surface area contributed by atoms with Gasteiger partial charge in [0.05, 0.1) is 5.69 Å². The fourth-order valence-electron chi connectivity index (χ4n) is 2.52. The van der Waals surface area contributed by atoms with Crippen LogP contribution >= 0.6 is 11.6 Å². The van der Waals surface area contributed by atoms with Gasteiger partial charge in [-0.05, 0) is 38.0 Å². The molecular formula is C15H18ClFN2O2. The first-order valence-electron chi connectivity index (χ1n) is 6.76. The van der Waals surface area contributed by atoms with Gasteiger partial charge in [0, 0.05) is 5.02 Å². The summed E-state index contributed by atoms with van der Waals surface area (Å²) in [5, 5.41) is 2.93. The van der Waals surface area contributed by atoms with Crippen LogP contribution in [-0.4, -0.2) is 23.4 Å². The summed E-state index contributed by atoms with van der Waals surface area (Å²) in [5.41, 5.74) is -1.000. The molecule has 0 saturated carbocycles. The van der Waals surface area contributed by atoms with E-state index in [9.17, 15) is 14.0 Å². The highest BCUT2D eigenvalue weighted by atomic mass is 35.5. The van der Waals surface area contributed by atoms with E-state index in [0.717, 1.165) is 6.07 Å². The van der Waals surface area contributed by atoms with E-state index in [-0.39, 0.29) is 28.4 Å². The quantitative estimate of drug-likeness (QED) is 0.913. The van der Waals surface area contributed by atoms with Crippen molar-refractivity contribution in [3.05, 3.63) is 29.0 Å². The monoisotopic (exact) mass is 312 g/mol. The van der Waals surface area contributed by atoms with Crippen LogP contribution in [0.25, 0.3) is 0 Å². The van der Waals surface area contributed by atoms with Crippen LogP contribution in [0.15, 0.2) is 18.2 Å². The van der Waals surface area contributed by atoms with Crippen LogP contribution < -0.4 is 10.2 Å². The van der Waals surface area contributed by atoms with Crippen LogP contribution in [0.2, 0.25) is 5.02 Å². The molecule has 0 radical (unpaired) electrons. The maximum atomic E-state index is 14.2. The van der Waals surface area contributed by atoms with Gasteiger partial charge in [0.15, 0.2) is 0 Å². The third kappa shape index (κ3) is 2.75. The zero-order valence-electron chi connectivity index (χ0n) is 12.4. The van der Waals surface area contributed by atoms with Gasteiger partial charge in [-0.25, -0.2) is 4.39 Å². The van der Waals surface area contributed by atoms with E-state index < -0.39 is 17.4 Å². The van der Waals surface area contributed by atoms with Crippen molar-refractivity contribution in [3.8, 4) is 0 Å². The Balaban J connectivity index is 2.58. The first-order valence-corrected chi connectivity index (χ1v) is 7.13. The number of nitrogens with zero attached hydrogens (tertiary/aromatic N) is 1. The minimum absolute atomic E-state index is 0.0750. The lowest BCUT2D eigenvalue weighted by Gasteiger charge is -2.44. The van der Waals surface area contributed by atoms with Crippen LogP contribution in [0.5, 0.6) is 0 Å². The molecule has 0 aromatic heterocycles. The summed E-state index contributed by atoms with van der Waals surface area (Å²) >= 11 is 5.75. The van der Waals surface area contributed by atoms with Crippen molar-refractivity contribution in [2.45, 2.75) is 39.3 Å². The van der Waals surface area contributed by atoms with Crippen molar-refractivity contribution in [2.24, 2.45) is 5.92 Å². The number of halogens is 2. The molecule has 1 atom stereocenters. The molecule has 1 aromatic rings. The van der Waals surface area contributed by atoms with Crippen LogP contribution in [0, 0.1) is 11.7 Å². The van der Waals surface area contributed by atoms with E-state index >= 15 is 0 Å². The molecule has 1 aliphatic heterocycles. The fraction of sp³-hybridized carbons (Fsp3) is 0.467. The zero-order chi connectivity index (χ0) is 15.9. The Hall–Kier alpha value is -1.62. The number of piperazine rings is 1. The molecule has 2 amide bonds. The largest absolute Gasteiger partial charge is 0.340 e. The summed E-state index contributed by atoms with van der Waals surface area (Å²) in [6.07, 6.45) is 0. The molecule has 1 saturated heterocycles. The van der Waals surface area contributed by atoms with Gasteiger partial charge in [-0.15, -0.1) is 0 Å². The second-order valence-corrected chi connectivity index (χ2v) is 6.51. The molecule has 1 N–H and O–H groups in total. The maximum absolute atomic E-state index is 14.2. The van der Waals surface area contributed by atoms with E-state index in [1.165, 1.54) is 17.0 Å². The van der Waals surface area contributed by atoms with Gasteiger partial charge in [0.25, 0.3) is 5.91 Å².